The molecule has 148 valence electrons. The monoisotopic (exact) mass is 389 g/mol. The lowest BCUT2D eigenvalue weighted by Crippen LogP contribution is -2.32. The second-order valence-electron chi connectivity index (χ2n) is 7.06. The summed E-state index contributed by atoms with van der Waals surface area (Å²) in [7, 11) is 1.99. The number of hydrogen-bond acceptors (Lipinski definition) is 6. The van der Waals surface area contributed by atoms with Crippen LogP contribution in [0.15, 0.2) is 77.4 Å². The fourth-order valence-electron chi connectivity index (χ4n) is 3.29. The van der Waals surface area contributed by atoms with E-state index in [9.17, 15) is 5.11 Å². The number of aliphatic hydroxyl groups excluding tert-OH is 1. The summed E-state index contributed by atoms with van der Waals surface area (Å²) in [5.74, 6) is 0.673. The summed E-state index contributed by atoms with van der Waals surface area (Å²) in [4.78, 5) is 6.25. The maximum Gasteiger partial charge on any atom is 0.258 e. The summed E-state index contributed by atoms with van der Waals surface area (Å²) in [6.45, 7) is 1.51. The third-order valence-corrected chi connectivity index (χ3v) is 4.62. The van der Waals surface area contributed by atoms with Gasteiger partial charge in [-0.15, -0.1) is 0 Å². The Morgan fingerprint density at radius 2 is 1.93 bits per heavy atom. The highest BCUT2D eigenvalue weighted by Crippen LogP contribution is 2.29. The topological polar surface area (TPSA) is 71.6 Å². The van der Waals surface area contributed by atoms with Crippen LogP contribution >= 0.6 is 0 Å². The minimum atomic E-state index is -0.593. The van der Waals surface area contributed by atoms with Gasteiger partial charge in [-0.3, -0.25) is 4.90 Å². The number of rotatable bonds is 8. The molecule has 0 aliphatic rings. The molecule has 4 rings (SSSR count). The number of aromatic nitrogens is 2. The van der Waals surface area contributed by atoms with Crippen LogP contribution in [-0.4, -0.2) is 46.5 Å². The molecular formula is C23H23N3O3. The van der Waals surface area contributed by atoms with Crippen LogP contribution in [0.2, 0.25) is 0 Å². The van der Waals surface area contributed by atoms with Gasteiger partial charge in [0.1, 0.15) is 24.2 Å². The van der Waals surface area contributed by atoms with Gasteiger partial charge >= 0.3 is 0 Å². The van der Waals surface area contributed by atoms with E-state index in [0.717, 1.165) is 23.2 Å². The van der Waals surface area contributed by atoms with Gasteiger partial charge in [-0.1, -0.05) is 47.6 Å². The van der Waals surface area contributed by atoms with E-state index < -0.39 is 6.10 Å². The molecule has 0 amide bonds. The molecular weight excluding hydrogens is 366 g/mol. The maximum atomic E-state index is 10.4. The Hall–Kier alpha value is -3.22. The van der Waals surface area contributed by atoms with Crippen LogP contribution in [0.4, 0.5) is 0 Å². The van der Waals surface area contributed by atoms with Crippen LogP contribution in [0.25, 0.3) is 22.4 Å². The second-order valence-corrected chi connectivity index (χ2v) is 7.06. The van der Waals surface area contributed by atoms with E-state index >= 15 is 0 Å². The van der Waals surface area contributed by atoms with Gasteiger partial charge in [0.2, 0.25) is 0 Å². The van der Waals surface area contributed by atoms with Crippen molar-refractivity contribution in [1.29, 1.82) is 0 Å². The molecule has 0 saturated carbocycles. The zero-order valence-corrected chi connectivity index (χ0v) is 16.2. The molecule has 0 saturated heterocycles. The summed E-state index contributed by atoms with van der Waals surface area (Å²) in [6, 6.07) is 21.6. The predicted molar refractivity (Wildman–Crippen MR) is 112 cm³/mol. The van der Waals surface area contributed by atoms with E-state index in [0.29, 0.717) is 18.0 Å². The van der Waals surface area contributed by atoms with Crippen LogP contribution in [0.3, 0.4) is 0 Å². The molecule has 0 aliphatic carbocycles. The molecule has 0 aliphatic heterocycles. The lowest BCUT2D eigenvalue weighted by Gasteiger charge is -2.21. The Labute approximate surface area is 169 Å². The molecule has 29 heavy (non-hydrogen) atoms. The smallest absolute Gasteiger partial charge is 0.258 e. The Kier molecular flexibility index (Phi) is 5.84. The number of nitrogens with zero attached hydrogens (tertiary/aromatic N) is 3. The highest BCUT2D eigenvalue weighted by molar-refractivity contribution is 5.89. The summed E-state index contributed by atoms with van der Waals surface area (Å²) >= 11 is 0. The van der Waals surface area contributed by atoms with Crippen molar-refractivity contribution in [2.75, 3.05) is 20.2 Å². The largest absolute Gasteiger partial charge is 0.491 e. The van der Waals surface area contributed by atoms with Crippen molar-refractivity contribution in [2.45, 2.75) is 12.6 Å². The van der Waals surface area contributed by atoms with Crippen molar-refractivity contribution in [3.63, 3.8) is 0 Å². The van der Waals surface area contributed by atoms with E-state index in [-0.39, 0.29) is 6.61 Å². The first-order valence-electron chi connectivity index (χ1n) is 9.53. The first-order chi connectivity index (χ1) is 14.2. The standard InChI is InChI=1S/C23H23N3O3/c1-26(14-17-7-3-2-4-8-17)15-19(27)16-28-20-10-5-9-18(13-20)22-21-11-6-12-24-23(21)29-25-22/h2-13,19,27H,14-16H2,1H3/t19-/m1/s1. The number of hydrogen-bond donors (Lipinski definition) is 1. The summed E-state index contributed by atoms with van der Waals surface area (Å²) < 4.78 is 11.1. The molecule has 6 nitrogen and oxygen atoms in total. The molecule has 4 aromatic rings. The van der Waals surface area contributed by atoms with Crippen molar-refractivity contribution >= 4 is 11.1 Å². The van der Waals surface area contributed by atoms with Gasteiger partial charge in [-0.25, -0.2) is 4.98 Å². The number of fused-ring (bicyclic) bond motifs is 1. The van der Waals surface area contributed by atoms with Crippen molar-refractivity contribution in [3.8, 4) is 17.0 Å². The first-order valence-corrected chi connectivity index (χ1v) is 9.53. The molecule has 1 N–H and O–H groups in total. The lowest BCUT2D eigenvalue weighted by atomic mass is 10.1. The molecule has 1 atom stereocenters. The number of pyridine rings is 1. The van der Waals surface area contributed by atoms with Crippen LogP contribution in [0.1, 0.15) is 5.56 Å². The predicted octanol–water partition coefficient (Wildman–Crippen LogP) is 3.76. The van der Waals surface area contributed by atoms with Crippen LogP contribution < -0.4 is 4.74 Å². The minimum Gasteiger partial charge on any atom is -0.491 e. The zero-order valence-electron chi connectivity index (χ0n) is 16.2. The van der Waals surface area contributed by atoms with Crippen LogP contribution in [-0.2, 0) is 6.54 Å². The molecule has 0 bridgehead atoms. The van der Waals surface area contributed by atoms with E-state index in [1.54, 1.807) is 6.20 Å². The van der Waals surface area contributed by atoms with Gasteiger partial charge in [0.15, 0.2) is 0 Å². The van der Waals surface area contributed by atoms with Gasteiger partial charge in [0.25, 0.3) is 5.71 Å². The lowest BCUT2D eigenvalue weighted by molar-refractivity contribution is 0.0744. The van der Waals surface area contributed by atoms with E-state index in [4.69, 9.17) is 9.26 Å². The van der Waals surface area contributed by atoms with E-state index in [1.165, 1.54) is 5.56 Å². The summed E-state index contributed by atoms with van der Waals surface area (Å²) in [5.41, 5.74) is 3.32. The van der Waals surface area contributed by atoms with Crippen molar-refractivity contribution in [3.05, 3.63) is 78.5 Å². The molecule has 6 heteroatoms. The van der Waals surface area contributed by atoms with Gasteiger partial charge in [-0.05, 0) is 36.9 Å². The number of likely N-dealkylation sites (N-methyl/N-ethyl adjacent to an activating group) is 1. The molecule has 0 fully saturated rings. The average molecular weight is 389 g/mol. The highest BCUT2D eigenvalue weighted by atomic mass is 16.5. The maximum absolute atomic E-state index is 10.4. The SMILES string of the molecule is CN(Cc1ccccc1)C[C@@H](O)COc1cccc(-c2noc3ncccc23)c1. The number of aliphatic hydroxyl groups is 1. The normalized spacial score (nSPS) is 12.4. The van der Waals surface area contributed by atoms with E-state index in [2.05, 4.69) is 27.2 Å². The molecule has 0 radical (unpaired) electrons. The van der Waals surface area contributed by atoms with Crippen LogP contribution in [0.5, 0.6) is 5.75 Å². The molecule has 2 aromatic heterocycles. The zero-order chi connectivity index (χ0) is 20.1. The molecule has 0 spiro atoms. The number of benzene rings is 2. The van der Waals surface area contributed by atoms with Crippen molar-refractivity contribution in [1.82, 2.24) is 15.0 Å². The third-order valence-electron chi connectivity index (χ3n) is 4.62. The van der Waals surface area contributed by atoms with Crippen LogP contribution in [0, 0.1) is 0 Å². The summed E-state index contributed by atoms with van der Waals surface area (Å²) in [6.07, 6.45) is 1.08. The summed E-state index contributed by atoms with van der Waals surface area (Å²) in [5, 5.41) is 15.3. The Morgan fingerprint density at radius 1 is 1.07 bits per heavy atom. The molecule has 2 aromatic carbocycles. The van der Waals surface area contributed by atoms with Crippen molar-refractivity contribution < 1.29 is 14.4 Å². The quantitative estimate of drug-likeness (QED) is 0.495. The Balaban J connectivity index is 1.36. The minimum absolute atomic E-state index is 0.212. The van der Waals surface area contributed by atoms with E-state index in [1.807, 2.05) is 61.6 Å². The van der Waals surface area contributed by atoms with Gasteiger partial charge in [0, 0.05) is 24.8 Å². The Bertz CT molecular complexity index is 1070. The molecule has 0 unspecified atom stereocenters. The second kappa shape index (κ2) is 8.86. The first kappa shape index (κ1) is 19.1. The molecule has 2 heterocycles. The van der Waals surface area contributed by atoms with Gasteiger partial charge < -0.3 is 14.4 Å². The third kappa shape index (κ3) is 4.80. The van der Waals surface area contributed by atoms with Crippen molar-refractivity contribution in [2.24, 2.45) is 0 Å². The fraction of sp³-hybridized carbons (Fsp3) is 0.217. The van der Waals surface area contributed by atoms with Gasteiger partial charge in [-0.2, -0.15) is 0 Å². The Morgan fingerprint density at radius 3 is 2.79 bits per heavy atom. The number of ether oxygens (including phenoxy) is 1. The van der Waals surface area contributed by atoms with Gasteiger partial charge in [0.05, 0.1) is 5.39 Å². The highest BCUT2D eigenvalue weighted by Gasteiger charge is 2.13. The fourth-order valence-corrected chi connectivity index (χ4v) is 3.29. The average Bonchev–Trinajstić information content (AvgIpc) is 3.17.